The largest absolute Gasteiger partial charge is 0.508 e. The molecule has 0 fully saturated rings. The zero-order valence-electron chi connectivity index (χ0n) is 11.3. The van der Waals surface area contributed by atoms with Crippen molar-refractivity contribution < 1.29 is 5.11 Å². The SMILES string of the molecule is Oc1ccccc1.c1cc[c]([Mg][c]2ccccc2)cc1. The van der Waals surface area contributed by atoms with Crippen LogP contribution in [0.15, 0.2) is 91.0 Å². The minimum Gasteiger partial charge on any atom is -0.508 e. The molecule has 0 atom stereocenters. The first-order valence-corrected chi connectivity index (χ1v) is 8.08. The second-order valence-electron chi connectivity index (χ2n) is 4.48. The van der Waals surface area contributed by atoms with Crippen LogP contribution in [0, 0.1) is 0 Å². The summed E-state index contributed by atoms with van der Waals surface area (Å²) in [6.45, 7) is 0. The Morgan fingerprint density at radius 2 is 0.850 bits per heavy atom. The molecule has 0 heterocycles. The molecule has 20 heavy (non-hydrogen) atoms. The Labute approximate surface area is 129 Å². The van der Waals surface area contributed by atoms with E-state index in [0.29, 0.717) is 5.75 Å². The minimum absolute atomic E-state index is 0.234. The van der Waals surface area contributed by atoms with Gasteiger partial charge in [-0.15, -0.1) is 0 Å². The first-order valence-electron chi connectivity index (χ1n) is 6.66. The summed E-state index contributed by atoms with van der Waals surface area (Å²) in [4.78, 5) is 0. The molecule has 0 aromatic heterocycles. The monoisotopic (exact) mass is 272 g/mol. The molecule has 3 rings (SSSR count). The number of rotatable bonds is 2. The van der Waals surface area contributed by atoms with Gasteiger partial charge in [-0.1, -0.05) is 78.9 Å². The van der Waals surface area contributed by atoms with Gasteiger partial charge in [-0.05, 0) is 12.1 Å². The van der Waals surface area contributed by atoms with Gasteiger partial charge in [0.2, 0.25) is 0 Å². The molecule has 96 valence electrons. The lowest BCUT2D eigenvalue weighted by Crippen LogP contribution is -2.26. The van der Waals surface area contributed by atoms with E-state index in [1.807, 2.05) is 6.07 Å². The maximum Gasteiger partial charge on any atom is 0.450 e. The van der Waals surface area contributed by atoms with Crippen LogP contribution in [0.2, 0.25) is 0 Å². The van der Waals surface area contributed by atoms with Crippen LogP contribution in [-0.4, -0.2) is 25.5 Å². The van der Waals surface area contributed by atoms with Crippen molar-refractivity contribution in [2.24, 2.45) is 0 Å². The van der Waals surface area contributed by atoms with Crippen LogP contribution in [-0.2, 0) is 0 Å². The molecule has 3 aromatic carbocycles. The molecular formula is C18H16MgO. The maximum absolute atomic E-state index is 8.63. The van der Waals surface area contributed by atoms with Crippen LogP contribution >= 0.6 is 0 Å². The second-order valence-corrected chi connectivity index (χ2v) is 6.47. The van der Waals surface area contributed by atoms with E-state index in [4.69, 9.17) is 5.11 Å². The average molecular weight is 273 g/mol. The molecule has 0 aliphatic rings. The summed E-state index contributed by atoms with van der Waals surface area (Å²) in [5.41, 5.74) is 0. The van der Waals surface area contributed by atoms with Crippen molar-refractivity contribution >= 4 is 27.8 Å². The zero-order valence-corrected chi connectivity index (χ0v) is 12.7. The molecule has 0 radical (unpaired) electrons. The third kappa shape index (κ3) is 5.47. The van der Waals surface area contributed by atoms with Crippen LogP contribution in [0.3, 0.4) is 0 Å². The molecule has 1 N–H and O–H groups in total. The van der Waals surface area contributed by atoms with Gasteiger partial charge in [-0.25, -0.2) is 0 Å². The van der Waals surface area contributed by atoms with Crippen molar-refractivity contribution in [2.45, 2.75) is 0 Å². The van der Waals surface area contributed by atoms with Gasteiger partial charge in [0.15, 0.2) is 0 Å². The van der Waals surface area contributed by atoms with Crippen LogP contribution in [0.4, 0.5) is 0 Å². The minimum atomic E-state index is -0.234. The summed E-state index contributed by atoms with van der Waals surface area (Å²) in [6.07, 6.45) is 0. The smallest absolute Gasteiger partial charge is 0.450 e. The van der Waals surface area contributed by atoms with Crippen molar-refractivity contribution in [3.05, 3.63) is 91.0 Å². The first kappa shape index (κ1) is 14.6. The summed E-state index contributed by atoms with van der Waals surface area (Å²) in [5, 5.41) is 8.63. The molecule has 3 aromatic rings. The standard InChI is InChI=1S/C6H6O.2C6H5.Mg/c7-6-4-2-1-3-5-6;2*1-2-4-6-5-3-1;/h1-5,7H;2*1-5H;. The summed E-state index contributed by atoms with van der Waals surface area (Å²) in [7, 11) is 0. The van der Waals surface area contributed by atoms with Crippen molar-refractivity contribution in [2.75, 3.05) is 0 Å². The number of para-hydroxylation sites is 1. The highest BCUT2D eigenvalue weighted by Gasteiger charge is 1.99. The molecule has 1 nitrogen and oxygen atoms in total. The van der Waals surface area contributed by atoms with Crippen molar-refractivity contribution in [3.8, 4) is 5.75 Å². The third-order valence-corrected chi connectivity index (χ3v) is 4.61. The molecule has 2 heteroatoms. The van der Waals surface area contributed by atoms with E-state index >= 15 is 0 Å². The number of hydrogen-bond donors (Lipinski definition) is 1. The van der Waals surface area contributed by atoms with Crippen LogP contribution in [0.1, 0.15) is 0 Å². The number of aromatic hydroxyl groups is 1. The highest BCUT2D eigenvalue weighted by atomic mass is 24.5. The fraction of sp³-hybridized carbons (Fsp3) is 0. The van der Waals surface area contributed by atoms with Crippen molar-refractivity contribution in [1.29, 1.82) is 0 Å². The van der Waals surface area contributed by atoms with E-state index in [0.717, 1.165) is 0 Å². The van der Waals surface area contributed by atoms with Gasteiger partial charge in [0.25, 0.3) is 0 Å². The number of phenolic OH excluding ortho intramolecular Hbond substituents is 1. The molecule has 0 spiro atoms. The summed E-state index contributed by atoms with van der Waals surface area (Å²) < 4.78 is 3.02. The highest BCUT2D eigenvalue weighted by molar-refractivity contribution is 6.67. The van der Waals surface area contributed by atoms with E-state index < -0.39 is 0 Å². The van der Waals surface area contributed by atoms with E-state index in [9.17, 15) is 0 Å². The van der Waals surface area contributed by atoms with Gasteiger partial charge < -0.3 is 5.11 Å². The fourth-order valence-electron chi connectivity index (χ4n) is 1.86. The van der Waals surface area contributed by atoms with Gasteiger partial charge in [0.1, 0.15) is 5.75 Å². The maximum atomic E-state index is 8.63. The topological polar surface area (TPSA) is 20.2 Å². The fourth-order valence-corrected chi connectivity index (χ4v) is 3.34. The lowest BCUT2D eigenvalue weighted by Gasteiger charge is -1.98. The predicted molar refractivity (Wildman–Crippen MR) is 86.0 cm³/mol. The number of hydrogen-bond acceptors (Lipinski definition) is 1. The molecule has 0 unspecified atom stereocenters. The van der Waals surface area contributed by atoms with E-state index in [-0.39, 0.29) is 20.4 Å². The van der Waals surface area contributed by atoms with E-state index in [1.165, 1.54) is 7.39 Å². The Hall–Kier alpha value is -1.77. The van der Waals surface area contributed by atoms with E-state index in [2.05, 4.69) is 60.7 Å². The Balaban J connectivity index is 0.000000178. The quantitative estimate of drug-likeness (QED) is 0.711. The van der Waals surface area contributed by atoms with Crippen molar-refractivity contribution in [1.82, 2.24) is 0 Å². The first-order chi connectivity index (χ1) is 9.84. The molecular weight excluding hydrogens is 257 g/mol. The summed E-state index contributed by atoms with van der Waals surface area (Å²) in [5.74, 6) is 0.322. The van der Waals surface area contributed by atoms with Gasteiger partial charge in [-0.3, -0.25) is 0 Å². The summed E-state index contributed by atoms with van der Waals surface area (Å²) >= 11 is -0.234. The number of benzene rings is 3. The zero-order chi connectivity index (χ0) is 14.0. The average Bonchev–Trinajstić information content (AvgIpc) is 2.51. The lowest BCUT2D eigenvalue weighted by atomic mass is 10.3. The van der Waals surface area contributed by atoms with Crippen LogP contribution in [0.5, 0.6) is 5.75 Å². The molecule has 0 bridgehead atoms. The predicted octanol–water partition coefficient (Wildman–Crippen LogP) is 2.73. The third-order valence-electron chi connectivity index (χ3n) is 2.85. The lowest BCUT2D eigenvalue weighted by molar-refractivity contribution is 0.475. The molecule has 0 aliphatic carbocycles. The normalized spacial score (nSPS) is 9.00. The highest BCUT2D eigenvalue weighted by Crippen LogP contribution is 2.02. The molecule has 0 amide bonds. The molecule has 0 aliphatic heterocycles. The molecule has 0 saturated heterocycles. The number of phenols is 1. The molecule has 0 saturated carbocycles. The van der Waals surface area contributed by atoms with Crippen molar-refractivity contribution in [3.63, 3.8) is 0 Å². The van der Waals surface area contributed by atoms with Gasteiger partial charge in [-0.2, -0.15) is 7.39 Å². The van der Waals surface area contributed by atoms with Gasteiger partial charge in [0, 0.05) is 0 Å². The Bertz CT molecular complexity index is 557. The van der Waals surface area contributed by atoms with Crippen LogP contribution in [0.25, 0.3) is 0 Å². The Morgan fingerprint density at radius 3 is 1.15 bits per heavy atom. The van der Waals surface area contributed by atoms with Gasteiger partial charge in [0.05, 0.1) is 0 Å². The summed E-state index contributed by atoms with van der Waals surface area (Å²) in [6, 6.07) is 30.2. The van der Waals surface area contributed by atoms with Gasteiger partial charge >= 0.3 is 20.4 Å². The Kier molecular flexibility index (Phi) is 6.15. The van der Waals surface area contributed by atoms with E-state index in [1.54, 1.807) is 24.3 Å². The van der Waals surface area contributed by atoms with Crippen LogP contribution < -0.4 is 7.39 Å². The second kappa shape index (κ2) is 8.41. The Morgan fingerprint density at radius 1 is 0.500 bits per heavy atom.